The van der Waals surface area contributed by atoms with E-state index in [0.29, 0.717) is 0 Å². The first kappa shape index (κ1) is 17.8. The van der Waals surface area contributed by atoms with E-state index in [2.05, 4.69) is 43.7 Å². The van der Waals surface area contributed by atoms with Crippen LogP contribution in [0.5, 0.6) is 0 Å². The standard InChI is InChI=1S/C21H21BrN4O/c22-18-4-1-3-17(13-18)21(9-2-10-21)25-20(27)24-19-7-5-16(6-8-19)14-26-12-11-23-15-26/h1,3-8,11-13,15H,2,9-10,14H2,(H2,24,25,27). The topological polar surface area (TPSA) is 59.0 Å². The van der Waals surface area contributed by atoms with E-state index >= 15 is 0 Å². The molecule has 6 heteroatoms. The van der Waals surface area contributed by atoms with Gasteiger partial charge in [-0.2, -0.15) is 0 Å². The Labute approximate surface area is 166 Å². The SMILES string of the molecule is O=C(Nc1ccc(Cn2ccnc2)cc1)NC1(c2cccc(Br)c2)CCC1. The van der Waals surface area contributed by atoms with E-state index in [4.69, 9.17) is 0 Å². The van der Waals surface area contributed by atoms with Crippen molar-refractivity contribution in [3.8, 4) is 0 Å². The number of anilines is 1. The fraction of sp³-hybridized carbons (Fsp3) is 0.238. The summed E-state index contributed by atoms with van der Waals surface area (Å²) >= 11 is 3.52. The number of urea groups is 1. The number of hydrogen-bond donors (Lipinski definition) is 2. The number of nitrogens with zero attached hydrogens (tertiary/aromatic N) is 2. The molecule has 4 rings (SSSR count). The Bertz CT molecular complexity index is 918. The predicted octanol–water partition coefficient (Wildman–Crippen LogP) is 4.89. The van der Waals surface area contributed by atoms with Crippen molar-refractivity contribution in [3.05, 3.63) is 82.9 Å². The van der Waals surface area contributed by atoms with Gasteiger partial charge in [-0.05, 0) is 54.7 Å². The lowest BCUT2D eigenvalue weighted by molar-refractivity contribution is 0.185. The van der Waals surface area contributed by atoms with Crippen molar-refractivity contribution in [1.82, 2.24) is 14.9 Å². The largest absolute Gasteiger partial charge is 0.333 e. The summed E-state index contributed by atoms with van der Waals surface area (Å²) in [5.74, 6) is 0. The van der Waals surface area contributed by atoms with E-state index in [1.807, 2.05) is 47.2 Å². The molecule has 1 aromatic heterocycles. The molecule has 2 N–H and O–H groups in total. The molecule has 0 spiro atoms. The fourth-order valence-electron chi connectivity index (χ4n) is 3.47. The van der Waals surface area contributed by atoms with E-state index in [1.54, 1.807) is 12.5 Å². The van der Waals surface area contributed by atoms with E-state index < -0.39 is 0 Å². The lowest BCUT2D eigenvalue weighted by atomic mass is 9.72. The average molecular weight is 425 g/mol. The third-order valence-corrected chi connectivity index (χ3v) is 5.57. The van der Waals surface area contributed by atoms with Crippen LogP contribution in [0.15, 0.2) is 71.7 Å². The Hall–Kier alpha value is -2.60. The second kappa shape index (κ2) is 7.56. The smallest absolute Gasteiger partial charge is 0.319 e. The summed E-state index contributed by atoms with van der Waals surface area (Å²) in [6.07, 6.45) is 8.53. The molecule has 138 valence electrons. The van der Waals surface area contributed by atoms with Crippen LogP contribution in [0.2, 0.25) is 0 Å². The third kappa shape index (κ3) is 4.06. The van der Waals surface area contributed by atoms with Crippen LogP contribution in [0.1, 0.15) is 30.4 Å². The van der Waals surface area contributed by atoms with Crippen molar-refractivity contribution in [3.63, 3.8) is 0 Å². The summed E-state index contributed by atoms with van der Waals surface area (Å²) in [4.78, 5) is 16.6. The molecule has 1 heterocycles. The summed E-state index contributed by atoms with van der Waals surface area (Å²) in [7, 11) is 0. The Morgan fingerprint density at radius 3 is 2.63 bits per heavy atom. The molecule has 1 saturated carbocycles. The van der Waals surface area contributed by atoms with Crippen LogP contribution in [-0.4, -0.2) is 15.6 Å². The van der Waals surface area contributed by atoms with E-state index in [1.165, 1.54) is 0 Å². The van der Waals surface area contributed by atoms with Crippen molar-refractivity contribution in [2.75, 3.05) is 5.32 Å². The van der Waals surface area contributed by atoms with Crippen LogP contribution in [0.25, 0.3) is 0 Å². The zero-order chi connectivity index (χ0) is 18.7. The highest BCUT2D eigenvalue weighted by molar-refractivity contribution is 9.10. The van der Waals surface area contributed by atoms with Crippen LogP contribution in [-0.2, 0) is 12.1 Å². The first-order valence-electron chi connectivity index (χ1n) is 9.03. The predicted molar refractivity (Wildman–Crippen MR) is 110 cm³/mol. The van der Waals surface area contributed by atoms with Crippen LogP contribution < -0.4 is 10.6 Å². The number of rotatable bonds is 5. The van der Waals surface area contributed by atoms with Crippen molar-refractivity contribution >= 4 is 27.6 Å². The summed E-state index contributed by atoms with van der Waals surface area (Å²) in [6.45, 7) is 0.762. The third-order valence-electron chi connectivity index (χ3n) is 5.07. The number of amides is 2. The molecule has 3 aromatic rings. The maximum absolute atomic E-state index is 12.6. The molecule has 2 aromatic carbocycles. The minimum atomic E-state index is -0.269. The molecule has 1 aliphatic carbocycles. The van der Waals surface area contributed by atoms with Crippen molar-refractivity contribution in [2.24, 2.45) is 0 Å². The minimum absolute atomic E-state index is 0.169. The number of hydrogen-bond acceptors (Lipinski definition) is 2. The zero-order valence-corrected chi connectivity index (χ0v) is 16.4. The first-order chi connectivity index (χ1) is 13.1. The van der Waals surface area contributed by atoms with Gasteiger partial charge in [-0.15, -0.1) is 0 Å². The maximum atomic E-state index is 12.6. The Morgan fingerprint density at radius 2 is 2.00 bits per heavy atom. The Morgan fingerprint density at radius 1 is 1.19 bits per heavy atom. The number of carbonyl (C=O) groups is 1. The van der Waals surface area contributed by atoms with Gasteiger partial charge in [0, 0.05) is 29.1 Å². The molecule has 27 heavy (non-hydrogen) atoms. The van der Waals surface area contributed by atoms with E-state index in [0.717, 1.165) is 47.1 Å². The van der Waals surface area contributed by atoms with Gasteiger partial charge in [0.05, 0.1) is 11.9 Å². The van der Waals surface area contributed by atoms with Gasteiger partial charge < -0.3 is 15.2 Å². The van der Waals surface area contributed by atoms with Crippen LogP contribution >= 0.6 is 15.9 Å². The molecule has 5 nitrogen and oxygen atoms in total. The number of carbonyl (C=O) groups excluding carboxylic acids is 1. The lowest BCUT2D eigenvalue weighted by Crippen LogP contribution is -2.52. The molecule has 2 amide bonds. The molecule has 1 fully saturated rings. The molecule has 0 unspecified atom stereocenters. The minimum Gasteiger partial charge on any atom is -0.333 e. The summed E-state index contributed by atoms with van der Waals surface area (Å²) in [5, 5.41) is 6.14. The second-order valence-corrected chi connectivity index (χ2v) is 7.87. The van der Waals surface area contributed by atoms with Gasteiger partial charge in [-0.3, -0.25) is 0 Å². The van der Waals surface area contributed by atoms with Gasteiger partial charge in [-0.1, -0.05) is 40.2 Å². The maximum Gasteiger partial charge on any atom is 0.319 e. The van der Waals surface area contributed by atoms with Gasteiger partial charge >= 0.3 is 6.03 Å². The highest BCUT2D eigenvalue weighted by Crippen LogP contribution is 2.41. The molecule has 1 aliphatic rings. The molecule has 0 atom stereocenters. The Kier molecular flexibility index (Phi) is 4.99. The summed E-state index contributed by atoms with van der Waals surface area (Å²) in [6, 6.07) is 15.9. The average Bonchev–Trinajstić information content (AvgIpc) is 3.13. The van der Waals surface area contributed by atoms with Crippen LogP contribution in [0, 0.1) is 0 Å². The van der Waals surface area contributed by atoms with Crippen molar-refractivity contribution in [1.29, 1.82) is 0 Å². The second-order valence-electron chi connectivity index (χ2n) is 6.96. The highest BCUT2D eigenvalue weighted by Gasteiger charge is 2.40. The van der Waals surface area contributed by atoms with Gasteiger partial charge in [0.25, 0.3) is 0 Å². The lowest BCUT2D eigenvalue weighted by Gasteiger charge is -2.43. The molecule has 0 aliphatic heterocycles. The van der Waals surface area contributed by atoms with Gasteiger partial charge in [0.2, 0.25) is 0 Å². The van der Waals surface area contributed by atoms with Gasteiger partial charge in [-0.25, -0.2) is 9.78 Å². The number of imidazole rings is 1. The molecular formula is C21H21BrN4O. The van der Waals surface area contributed by atoms with E-state index in [9.17, 15) is 4.79 Å². The van der Waals surface area contributed by atoms with Gasteiger partial charge in [0.1, 0.15) is 0 Å². The normalized spacial score (nSPS) is 15.0. The Balaban J connectivity index is 1.40. The van der Waals surface area contributed by atoms with Gasteiger partial charge in [0.15, 0.2) is 0 Å². The summed E-state index contributed by atoms with van der Waals surface area (Å²) < 4.78 is 3.04. The van der Waals surface area contributed by atoms with Crippen molar-refractivity contribution in [2.45, 2.75) is 31.3 Å². The monoisotopic (exact) mass is 424 g/mol. The molecular weight excluding hydrogens is 404 g/mol. The molecule has 0 radical (unpaired) electrons. The van der Waals surface area contributed by atoms with E-state index in [-0.39, 0.29) is 11.6 Å². The highest BCUT2D eigenvalue weighted by atomic mass is 79.9. The number of aromatic nitrogens is 2. The fourth-order valence-corrected chi connectivity index (χ4v) is 3.87. The van der Waals surface area contributed by atoms with Crippen LogP contribution in [0.3, 0.4) is 0 Å². The number of benzene rings is 2. The van der Waals surface area contributed by atoms with Crippen molar-refractivity contribution < 1.29 is 4.79 Å². The molecule has 0 saturated heterocycles. The molecule has 0 bridgehead atoms. The quantitative estimate of drug-likeness (QED) is 0.611. The number of halogens is 1. The van der Waals surface area contributed by atoms with Crippen LogP contribution in [0.4, 0.5) is 10.5 Å². The zero-order valence-electron chi connectivity index (χ0n) is 14.9. The summed E-state index contributed by atoms with van der Waals surface area (Å²) in [5.41, 5.74) is 2.82. The number of nitrogens with one attached hydrogen (secondary N) is 2. The first-order valence-corrected chi connectivity index (χ1v) is 9.82.